The van der Waals surface area contributed by atoms with Gasteiger partial charge in [-0.05, 0) is 37.8 Å². The van der Waals surface area contributed by atoms with Gasteiger partial charge in [0.2, 0.25) is 0 Å². The lowest BCUT2D eigenvalue weighted by atomic mass is 9.94. The van der Waals surface area contributed by atoms with E-state index in [0.717, 1.165) is 0 Å². The van der Waals surface area contributed by atoms with Gasteiger partial charge in [-0.15, -0.1) is 0 Å². The van der Waals surface area contributed by atoms with Crippen LogP contribution >= 0.6 is 0 Å². The highest BCUT2D eigenvalue weighted by Crippen LogP contribution is 2.21. The lowest BCUT2D eigenvalue weighted by Gasteiger charge is -2.35. The minimum Gasteiger partial charge on any atom is -0.497 e. The molecular formula is C16H23FN2O3. The van der Waals surface area contributed by atoms with Crippen LogP contribution in [0.4, 0.5) is 9.18 Å². The summed E-state index contributed by atoms with van der Waals surface area (Å²) in [4.78, 5) is 13.7. The monoisotopic (exact) mass is 310 g/mol. The Kier molecular flexibility index (Phi) is 5.24. The van der Waals surface area contributed by atoms with Gasteiger partial charge in [-0.1, -0.05) is 6.07 Å². The SMILES string of the molecule is COc1ccc(CCNC(=O)N2CCC(C)(O)CC2)c(F)c1. The fraction of sp³-hybridized carbons (Fsp3) is 0.562. The maximum atomic E-state index is 13.8. The number of rotatable bonds is 4. The summed E-state index contributed by atoms with van der Waals surface area (Å²) in [5, 5.41) is 12.7. The number of methoxy groups -OCH3 is 1. The fourth-order valence-electron chi connectivity index (χ4n) is 2.47. The molecule has 0 saturated carbocycles. The molecule has 1 saturated heterocycles. The molecule has 1 aromatic carbocycles. The number of urea groups is 1. The number of nitrogens with zero attached hydrogens (tertiary/aromatic N) is 1. The second-order valence-corrected chi connectivity index (χ2v) is 5.92. The number of aliphatic hydroxyl groups is 1. The van der Waals surface area contributed by atoms with Crippen molar-refractivity contribution >= 4 is 6.03 Å². The van der Waals surface area contributed by atoms with Crippen molar-refractivity contribution in [2.75, 3.05) is 26.7 Å². The summed E-state index contributed by atoms with van der Waals surface area (Å²) in [6, 6.07) is 4.54. The second-order valence-electron chi connectivity index (χ2n) is 5.92. The lowest BCUT2D eigenvalue weighted by molar-refractivity contribution is 0.00442. The van der Waals surface area contributed by atoms with E-state index in [4.69, 9.17) is 4.74 Å². The van der Waals surface area contributed by atoms with Crippen molar-refractivity contribution < 1.29 is 19.0 Å². The van der Waals surface area contributed by atoms with Gasteiger partial charge in [0.25, 0.3) is 0 Å². The van der Waals surface area contributed by atoms with Crippen LogP contribution in [-0.2, 0) is 6.42 Å². The van der Waals surface area contributed by atoms with E-state index in [1.807, 2.05) is 0 Å². The molecule has 0 aliphatic carbocycles. The zero-order valence-corrected chi connectivity index (χ0v) is 13.1. The molecule has 122 valence electrons. The van der Waals surface area contributed by atoms with Crippen molar-refractivity contribution in [3.05, 3.63) is 29.6 Å². The molecule has 0 atom stereocenters. The van der Waals surface area contributed by atoms with Gasteiger partial charge in [0.1, 0.15) is 11.6 Å². The van der Waals surface area contributed by atoms with E-state index in [1.165, 1.54) is 13.2 Å². The summed E-state index contributed by atoms with van der Waals surface area (Å²) in [6.45, 7) is 3.23. The van der Waals surface area contributed by atoms with E-state index in [-0.39, 0.29) is 11.8 Å². The molecule has 2 amide bonds. The summed E-state index contributed by atoms with van der Waals surface area (Å²) in [7, 11) is 1.49. The highest BCUT2D eigenvalue weighted by Gasteiger charge is 2.29. The van der Waals surface area contributed by atoms with Crippen LogP contribution in [0.3, 0.4) is 0 Å². The number of amides is 2. The van der Waals surface area contributed by atoms with Crippen molar-refractivity contribution in [3.8, 4) is 5.75 Å². The normalized spacial score (nSPS) is 17.2. The maximum Gasteiger partial charge on any atom is 0.317 e. The summed E-state index contributed by atoms with van der Waals surface area (Å²) in [5.74, 6) is 0.147. The number of nitrogens with one attached hydrogen (secondary N) is 1. The Balaban J connectivity index is 1.78. The Labute approximate surface area is 130 Å². The molecule has 0 unspecified atom stereocenters. The van der Waals surface area contributed by atoms with Gasteiger partial charge >= 0.3 is 6.03 Å². The highest BCUT2D eigenvalue weighted by molar-refractivity contribution is 5.74. The van der Waals surface area contributed by atoms with Gasteiger partial charge < -0.3 is 20.1 Å². The molecule has 1 aromatic rings. The van der Waals surface area contributed by atoms with E-state index in [1.54, 1.807) is 24.0 Å². The molecule has 1 heterocycles. The number of likely N-dealkylation sites (tertiary alicyclic amines) is 1. The third-order valence-corrected chi connectivity index (χ3v) is 4.06. The topological polar surface area (TPSA) is 61.8 Å². The summed E-state index contributed by atoms with van der Waals surface area (Å²) >= 11 is 0. The Hall–Kier alpha value is -1.82. The van der Waals surface area contributed by atoms with Gasteiger partial charge in [0.15, 0.2) is 0 Å². The number of carbonyl (C=O) groups excluding carboxylic acids is 1. The predicted octanol–water partition coefficient (Wildman–Crippen LogP) is 1.93. The van der Waals surface area contributed by atoms with Crippen molar-refractivity contribution in [1.82, 2.24) is 10.2 Å². The molecule has 0 bridgehead atoms. The first-order valence-corrected chi connectivity index (χ1v) is 7.49. The summed E-state index contributed by atoms with van der Waals surface area (Å²) in [5.41, 5.74) is -0.133. The van der Waals surface area contributed by atoms with Crippen LogP contribution in [0.5, 0.6) is 5.75 Å². The predicted molar refractivity (Wildman–Crippen MR) is 81.5 cm³/mol. The molecule has 1 aliphatic rings. The van der Waals surface area contributed by atoms with Crippen LogP contribution in [0.15, 0.2) is 18.2 Å². The van der Waals surface area contributed by atoms with Gasteiger partial charge in [-0.2, -0.15) is 0 Å². The largest absolute Gasteiger partial charge is 0.497 e. The Bertz CT molecular complexity index is 524. The van der Waals surface area contributed by atoms with Crippen molar-refractivity contribution in [3.63, 3.8) is 0 Å². The first-order chi connectivity index (χ1) is 10.4. The van der Waals surface area contributed by atoms with Crippen LogP contribution in [0.1, 0.15) is 25.3 Å². The molecule has 0 aromatic heterocycles. The summed E-state index contributed by atoms with van der Waals surface area (Å²) < 4.78 is 18.7. The highest BCUT2D eigenvalue weighted by atomic mass is 19.1. The van der Waals surface area contributed by atoms with E-state index in [0.29, 0.717) is 50.2 Å². The number of halogens is 1. The first-order valence-electron chi connectivity index (χ1n) is 7.49. The average molecular weight is 310 g/mol. The second kappa shape index (κ2) is 6.96. The van der Waals surface area contributed by atoms with Crippen LogP contribution in [0.2, 0.25) is 0 Å². The van der Waals surface area contributed by atoms with E-state index in [2.05, 4.69) is 5.32 Å². The standard InChI is InChI=1S/C16H23FN2O3/c1-16(21)6-9-19(10-7-16)15(20)18-8-5-12-3-4-13(22-2)11-14(12)17/h3-4,11,21H,5-10H2,1-2H3,(H,18,20). The zero-order chi connectivity index (χ0) is 16.2. The quantitative estimate of drug-likeness (QED) is 0.893. The maximum absolute atomic E-state index is 13.8. The molecule has 1 aliphatic heterocycles. The van der Waals surface area contributed by atoms with Crippen molar-refractivity contribution in [2.24, 2.45) is 0 Å². The van der Waals surface area contributed by atoms with Crippen LogP contribution in [0, 0.1) is 5.82 Å². The van der Waals surface area contributed by atoms with E-state index in [9.17, 15) is 14.3 Å². The van der Waals surface area contributed by atoms with Gasteiger partial charge in [0.05, 0.1) is 12.7 Å². The van der Waals surface area contributed by atoms with E-state index >= 15 is 0 Å². The molecule has 2 rings (SSSR count). The molecule has 22 heavy (non-hydrogen) atoms. The molecule has 0 radical (unpaired) electrons. The molecular weight excluding hydrogens is 287 g/mol. The Morgan fingerprint density at radius 1 is 1.45 bits per heavy atom. The number of hydrogen-bond acceptors (Lipinski definition) is 3. The lowest BCUT2D eigenvalue weighted by Crippen LogP contribution is -2.49. The molecule has 0 spiro atoms. The van der Waals surface area contributed by atoms with Gasteiger partial charge in [-0.25, -0.2) is 9.18 Å². The zero-order valence-electron chi connectivity index (χ0n) is 13.1. The Morgan fingerprint density at radius 3 is 2.73 bits per heavy atom. The molecule has 6 heteroatoms. The first kappa shape index (κ1) is 16.5. The van der Waals surface area contributed by atoms with Gasteiger partial charge in [-0.3, -0.25) is 0 Å². The van der Waals surface area contributed by atoms with Crippen LogP contribution in [0.25, 0.3) is 0 Å². The molecule has 2 N–H and O–H groups in total. The van der Waals surface area contributed by atoms with E-state index < -0.39 is 5.60 Å². The average Bonchev–Trinajstić information content (AvgIpc) is 2.48. The fourth-order valence-corrected chi connectivity index (χ4v) is 2.47. The minimum absolute atomic E-state index is 0.163. The van der Waals surface area contributed by atoms with Crippen molar-refractivity contribution in [1.29, 1.82) is 0 Å². The Morgan fingerprint density at radius 2 is 2.14 bits per heavy atom. The third kappa shape index (κ3) is 4.34. The molecule has 1 fully saturated rings. The van der Waals surface area contributed by atoms with Crippen molar-refractivity contribution in [2.45, 2.75) is 31.8 Å². The van der Waals surface area contributed by atoms with Crippen LogP contribution < -0.4 is 10.1 Å². The smallest absolute Gasteiger partial charge is 0.317 e. The number of hydrogen-bond donors (Lipinski definition) is 2. The minimum atomic E-state index is -0.678. The number of piperidine rings is 1. The number of ether oxygens (including phenoxy) is 1. The number of benzene rings is 1. The number of carbonyl (C=O) groups is 1. The van der Waals surface area contributed by atoms with Gasteiger partial charge in [0, 0.05) is 25.7 Å². The third-order valence-electron chi connectivity index (χ3n) is 4.06. The molecule has 5 nitrogen and oxygen atoms in total. The summed E-state index contributed by atoms with van der Waals surface area (Å²) in [6.07, 6.45) is 1.58. The van der Waals surface area contributed by atoms with Crippen LogP contribution in [-0.4, -0.2) is 48.4 Å².